The number of rotatable bonds is 4. The minimum absolute atomic E-state index is 0.208. The average Bonchev–Trinajstić information content (AvgIpc) is 2.97. The number of nitrogens with zero attached hydrogens (tertiary/aromatic N) is 4. The fourth-order valence-corrected chi connectivity index (χ4v) is 2.90. The van der Waals surface area contributed by atoms with Crippen molar-refractivity contribution in [3.8, 4) is 0 Å². The van der Waals surface area contributed by atoms with E-state index in [4.69, 9.17) is 9.26 Å². The number of hydrogen-bond acceptors (Lipinski definition) is 7. The van der Waals surface area contributed by atoms with Crippen LogP contribution in [0.15, 0.2) is 4.52 Å². The molecule has 1 aromatic rings. The highest BCUT2D eigenvalue weighted by Gasteiger charge is 2.28. The van der Waals surface area contributed by atoms with Gasteiger partial charge in [0.1, 0.15) is 6.61 Å². The van der Waals surface area contributed by atoms with E-state index in [1.54, 1.807) is 0 Å². The molecule has 2 saturated heterocycles. The molecule has 0 aliphatic carbocycles. The van der Waals surface area contributed by atoms with Crippen molar-refractivity contribution in [1.29, 1.82) is 0 Å². The SMILES string of the molecule is CN1CCN(C)C(c2noc(COC3CCNCC3)n2)C1. The number of aromatic nitrogens is 2. The van der Waals surface area contributed by atoms with E-state index in [-0.39, 0.29) is 6.04 Å². The zero-order valence-corrected chi connectivity index (χ0v) is 12.9. The van der Waals surface area contributed by atoms with Crippen LogP contribution in [0.25, 0.3) is 0 Å². The molecule has 1 unspecified atom stereocenters. The summed E-state index contributed by atoms with van der Waals surface area (Å²) in [6.07, 6.45) is 2.42. The first kappa shape index (κ1) is 14.9. The molecule has 0 radical (unpaired) electrons. The van der Waals surface area contributed by atoms with E-state index in [0.717, 1.165) is 51.4 Å². The summed E-state index contributed by atoms with van der Waals surface area (Å²) in [5.41, 5.74) is 0. The van der Waals surface area contributed by atoms with Crippen LogP contribution in [0.3, 0.4) is 0 Å². The predicted octanol–water partition coefficient (Wildman–Crippen LogP) is 0.257. The van der Waals surface area contributed by atoms with Gasteiger partial charge in [-0.2, -0.15) is 4.98 Å². The number of piperidine rings is 1. The Bertz CT molecular complexity index is 446. The monoisotopic (exact) mass is 295 g/mol. The lowest BCUT2D eigenvalue weighted by molar-refractivity contribution is 0.00859. The lowest BCUT2D eigenvalue weighted by atomic mass is 10.1. The Labute approximate surface area is 125 Å². The van der Waals surface area contributed by atoms with Crippen LogP contribution in [0, 0.1) is 0 Å². The highest BCUT2D eigenvalue weighted by molar-refractivity contribution is 4.97. The topological polar surface area (TPSA) is 66.7 Å². The van der Waals surface area contributed by atoms with Crippen LogP contribution in [-0.2, 0) is 11.3 Å². The van der Waals surface area contributed by atoms with Gasteiger partial charge in [0.15, 0.2) is 5.82 Å². The molecule has 2 aliphatic heterocycles. The maximum atomic E-state index is 5.86. The average molecular weight is 295 g/mol. The van der Waals surface area contributed by atoms with E-state index in [2.05, 4.69) is 39.4 Å². The van der Waals surface area contributed by atoms with Gasteiger partial charge in [-0.25, -0.2) is 0 Å². The van der Waals surface area contributed by atoms with Crippen LogP contribution in [0.1, 0.15) is 30.6 Å². The van der Waals surface area contributed by atoms with Crippen molar-refractivity contribution >= 4 is 0 Å². The van der Waals surface area contributed by atoms with Gasteiger partial charge in [0, 0.05) is 19.6 Å². The highest BCUT2D eigenvalue weighted by atomic mass is 16.5. The van der Waals surface area contributed by atoms with E-state index in [1.165, 1.54) is 0 Å². The third-order valence-electron chi connectivity index (χ3n) is 4.36. The summed E-state index contributed by atoms with van der Waals surface area (Å²) in [5.74, 6) is 1.36. The van der Waals surface area contributed by atoms with Crippen molar-refractivity contribution in [1.82, 2.24) is 25.3 Å². The fourth-order valence-electron chi connectivity index (χ4n) is 2.90. The van der Waals surface area contributed by atoms with E-state index in [0.29, 0.717) is 18.6 Å². The van der Waals surface area contributed by atoms with Gasteiger partial charge in [0.05, 0.1) is 12.1 Å². The number of piperazine rings is 1. The Hall–Kier alpha value is -1.02. The van der Waals surface area contributed by atoms with Gasteiger partial charge < -0.3 is 19.5 Å². The molecule has 3 heterocycles. The van der Waals surface area contributed by atoms with Crippen molar-refractivity contribution in [2.24, 2.45) is 0 Å². The van der Waals surface area contributed by atoms with Crippen molar-refractivity contribution in [2.75, 3.05) is 46.8 Å². The van der Waals surface area contributed by atoms with Crippen LogP contribution in [0.5, 0.6) is 0 Å². The van der Waals surface area contributed by atoms with Gasteiger partial charge in [-0.05, 0) is 40.0 Å². The maximum absolute atomic E-state index is 5.86. The first-order valence-electron chi connectivity index (χ1n) is 7.76. The molecule has 7 nitrogen and oxygen atoms in total. The van der Waals surface area contributed by atoms with Gasteiger partial charge in [-0.3, -0.25) is 4.90 Å². The molecule has 0 aromatic carbocycles. The summed E-state index contributed by atoms with van der Waals surface area (Å²) in [7, 11) is 4.24. The van der Waals surface area contributed by atoms with Gasteiger partial charge in [0.2, 0.25) is 0 Å². The number of likely N-dealkylation sites (N-methyl/N-ethyl adjacent to an activating group) is 2. The molecule has 0 bridgehead atoms. The first-order chi connectivity index (χ1) is 10.2. The molecule has 0 spiro atoms. The second-order valence-corrected chi connectivity index (χ2v) is 6.07. The maximum Gasteiger partial charge on any atom is 0.252 e. The fraction of sp³-hybridized carbons (Fsp3) is 0.857. The molecule has 118 valence electrons. The summed E-state index contributed by atoms with van der Waals surface area (Å²) in [6, 6.07) is 0.208. The Kier molecular flexibility index (Phi) is 4.84. The first-order valence-corrected chi connectivity index (χ1v) is 7.76. The lowest BCUT2D eigenvalue weighted by Gasteiger charge is -2.35. The summed E-state index contributed by atoms with van der Waals surface area (Å²) in [6.45, 7) is 5.51. The number of ether oxygens (including phenoxy) is 1. The largest absolute Gasteiger partial charge is 0.368 e. The molecule has 0 amide bonds. The second-order valence-electron chi connectivity index (χ2n) is 6.07. The molecule has 1 atom stereocenters. The summed E-state index contributed by atoms with van der Waals surface area (Å²) < 4.78 is 11.2. The van der Waals surface area contributed by atoms with Crippen LogP contribution >= 0.6 is 0 Å². The van der Waals surface area contributed by atoms with Crippen LogP contribution < -0.4 is 5.32 Å². The summed E-state index contributed by atoms with van der Waals surface area (Å²) in [5, 5.41) is 7.47. The predicted molar refractivity (Wildman–Crippen MR) is 77.8 cm³/mol. The quantitative estimate of drug-likeness (QED) is 0.854. The molecule has 2 fully saturated rings. The van der Waals surface area contributed by atoms with Crippen molar-refractivity contribution in [2.45, 2.75) is 31.6 Å². The van der Waals surface area contributed by atoms with E-state index in [1.807, 2.05) is 0 Å². The summed E-state index contributed by atoms with van der Waals surface area (Å²) in [4.78, 5) is 9.09. The molecule has 7 heteroatoms. The van der Waals surface area contributed by atoms with E-state index in [9.17, 15) is 0 Å². The highest BCUT2D eigenvalue weighted by Crippen LogP contribution is 2.21. The lowest BCUT2D eigenvalue weighted by Crippen LogP contribution is -2.45. The zero-order valence-electron chi connectivity index (χ0n) is 12.9. The summed E-state index contributed by atoms with van der Waals surface area (Å²) >= 11 is 0. The molecule has 3 rings (SSSR count). The zero-order chi connectivity index (χ0) is 14.7. The smallest absolute Gasteiger partial charge is 0.252 e. The molecule has 2 aliphatic rings. The van der Waals surface area contributed by atoms with Crippen molar-refractivity contribution in [3.05, 3.63) is 11.7 Å². The van der Waals surface area contributed by atoms with E-state index >= 15 is 0 Å². The minimum atomic E-state index is 0.208. The number of nitrogens with one attached hydrogen (secondary N) is 1. The Morgan fingerprint density at radius 3 is 2.90 bits per heavy atom. The van der Waals surface area contributed by atoms with Gasteiger partial charge >= 0.3 is 0 Å². The minimum Gasteiger partial charge on any atom is -0.368 e. The van der Waals surface area contributed by atoms with Crippen molar-refractivity contribution < 1.29 is 9.26 Å². The Morgan fingerprint density at radius 2 is 2.10 bits per heavy atom. The third-order valence-corrected chi connectivity index (χ3v) is 4.36. The normalized spacial score (nSPS) is 26.3. The molecule has 1 N–H and O–H groups in total. The molecular formula is C14H25N5O2. The van der Waals surface area contributed by atoms with Crippen LogP contribution in [0.4, 0.5) is 0 Å². The van der Waals surface area contributed by atoms with Gasteiger partial charge in [-0.1, -0.05) is 5.16 Å². The molecule has 21 heavy (non-hydrogen) atoms. The van der Waals surface area contributed by atoms with Crippen molar-refractivity contribution in [3.63, 3.8) is 0 Å². The van der Waals surface area contributed by atoms with Gasteiger partial charge in [0.25, 0.3) is 5.89 Å². The second kappa shape index (κ2) is 6.83. The standard InChI is InChI=1S/C14H25N5O2/c1-18-7-8-19(2)12(9-18)14-16-13(21-17-14)10-20-11-3-5-15-6-4-11/h11-12,15H,3-10H2,1-2H3. The Morgan fingerprint density at radius 1 is 1.29 bits per heavy atom. The molecular weight excluding hydrogens is 270 g/mol. The Balaban J connectivity index is 1.55. The molecule has 1 aromatic heterocycles. The third kappa shape index (κ3) is 3.79. The van der Waals surface area contributed by atoms with Crippen LogP contribution in [-0.4, -0.2) is 72.9 Å². The molecule has 0 saturated carbocycles. The van der Waals surface area contributed by atoms with E-state index < -0.39 is 0 Å². The number of hydrogen-bond donors (Lipinski definition) is 1. The van der Waals surface area contributed by atoms with Gasteiger partial charge in [-0.15, -0.1) is 0 Å². The van der Waals surface area contributed by atoms with Crippen LogP contribution in [0.2, 0.25) is 0 Å².